The molecular weight excluding hydrogens is 312 g/mol. The second kappa shape index (κ2) is 6.71. The van der Waals surface area contributed by atoms with Crippen LogP contribution >= 0.6 is 0 Å². The first-order valence-electron chi connectivity index (χ1n) is 8.98. The molecule has 1 heterocycles. The van der Waals surface area contributed by atoms with Crippen molar-refractivity contribution in [2.45, 2.75) is 37.8 Å². The van der Waals surface area contributed by atoms with Gasteiger partial charge in [0.2, 0.25) is 0 Å². The number of rotatable bonds is 2. The Balaban J connectivity index is 1.62. The molecule has 2 atom stereocenters. The number of hydrogen-bond donors (Lipinski definition) is 0. The van der Waals surface area contributed by atoms with Crippen LogP contribution in [0.3, 0.4) is 0 Å². The van der Waals surface area contributed by atoms with Gasteiger partial charge >= 0.3 is 0 Å². The minimum absolute atomic E-state index is 0.0286. The summed E-state index contributed by atoms with van der Waals surface area (Å²) < 4.78 is 0. The van der Waals surface area contributed by atoms with Gasteiger partial charge in [-0.05, 0) is 37.1 Å². The van der Waals surface area contributed by atoms with E-state index in [1.54, 1.807) is 0 Å². The molecule has 2 aliphatic rings. The maximum Gasteiger partial charge on any atom is 0.255 e. The molecule has 0 aromatic heterocycles. The van der Waals surface area contributed by atoms with E-state index in [4.69, 9.17) is 0 Å². The zero-order valence-electron chi connectivity index (χ0n) is 14.2. The predicted octanol–water partition coefficient (Wildman–Crippen LogP) is 3.55. The summed E-state index contributed by atoms with van der Waals surface area (Å²) in [4.78, 5) is 29.8. The molecule has 4 nitrogen and oxygen atoms in total. The van der Waals surface area contributed by atoms with E-state index in [9.17, 15) is 9.59 Å². The lowest BCUT2D eigenvalue weighted by Crippen LogP contribution is -2.43. The zero-order chi connectivity index (χ0) is 17.2. The number of fused-ring (bicyclic) bond motifs is 1. The Hall–Kier alpha value is -2.62. The monoisotopic (exact) mass is 334 g/mol. The third-order valence-corrected chi connectivity index (χ3v) is 5.36. The minimum atomic E-state index is 0.0286. The van der Waals surface area contributed by atoms with E-state index in [1.807, 2.05) is 70.5 Å². The number of carbonyl (C=O) groups is 2. The first-order valence-corrected chi connectivity index (χ1v) is 8.98. The maximum absolute atomic E-state index is 13.0. The van der Waals surface area contributed by atoms with Crippen molar-refractivity contribution in [3.05, 3.63) is 71.8 Å². The van der Waals surface area contributed by atoms with E-state index in [0.29, 0.717) is 17.8 Å². The fourth-order valence-electron chi connectivity index (χ4n) is 4.12. The first-order chi connectivity index (χ1) is 12.3. The highest BCUT2D eigenvalue weighted by Crippen LogP contribution is 2.34. The number of hydrogen-bond acceptors (Lipinski definition) is 2. The van der Waals surface area contributed by atoms with Crippen LogP contribution in [-0.2, 0) is 0 Å². The number of benzene rings is 2. The number of nitrogens with zero attached hydrogens (tertiary/aromatic N) is 2. The average molecular weight is 334 g/mol. The molecule has 1 saturated heterocycles. The van der Waals surface area contributed by atoms with E-state index in [-0.39, 0.29) is 23.9 Å². The van der Waals surface area contributed by atoms with Gasteiger partial charge in [-0.1, -0.05) is 49.2 Å². The third kappa shape index (κ3) is 2.93. The summed E-state index contributed by atoms with van der Waals surface area (Å²) in [6.45, 7) is 0.386. The average Bonchev–Trinajstić information content (AvgIpc) is 3.08. The second-order valence-electron chi connectivity index (χ2n) is 6.84. The van der Waals surface area contributed by atoms with E-state index < -0.39 is 0 Å². The maximum atomic E-state index is 13.0. The van der Waals surface area contributed by atoms with Crippen molar-refractivity contribution in [3.63, 3.8) is 0 Å². The van der Waals surface area contributed by atoms with E-state index in [1.165, 1.54) is 0 Å². The van der Waals surface area contributed by atoms with Gasteiger partial charge in [-0.3, -0.25) is 9.59 Å². The normalized spacial score (nSPS) is 22.6. The van der Waals surface area contributed by atoms with Crippen LogP contribution in [0.5, 0.6) is 0 Å². The summed E-state index contributed by atoms with van der Waals surface area (Å²) in [7, 11) is 0. The quantitative estimate of drug-likeness (QED) is 0.843. The van der Waals surface area contributed by atoms with E-state index in [0.717, 1.165) is 25.7 Å². The van der Waals surface area contributed by atoms with Gasteiger partial charge in [0.25, 0.3) is 11.8 Å². The molecule has 1 aliphatic carbocycles. The highest BCUT2D eigenvalue weighted by atomic mass is 16.2. The highest BCUT2D eigenvalue weighted by molar-refractivity contribution is 5.97. The summed E-state index contributed by atoms with van der Waals surface area (Å²) in [5.74, 6) is 0.0572. The molecule has 2 aromatic rings. The molecule has 4 rings (SSSR count). The lowest BCUT2D eigenvalue weighted by molar-refractivity contribution is 0.0671. The molecule has 2 fully saturated rings. The fourth-order valence-corrected chi connectivity index (χ4v) is 4.12. The molecule has 0 radical (unpaired) electrons. The van der Waals surface area contributed by atoms with Crippen LogP contribution in [-0.4, -0.2) is 40.4 Å². The number of carbonyl (C=O) groups excluding carboxylic acids is 2. The van der Waals surface area contributed by atoms with Crippen LogP contribution in [0, 0.1) is 0 Å². The zero-order valence-corrected chi connectivity index (χ0v) is 14.2. The van der Waals surface area contributed by atoms with Crippen molar-refractivity contribution in [3.8, 4) is 0 Å². The predicted molar refractivity (Wildman–Crippen MR) is 96.1 cm³/mol. The van der Waals surface area contributed by atoms with Crippen molar-refractivity contribution in [1.82, 2.24) is 9.80 Å². The summed E-state index contributed by atoms with van der Waals surface area (Å²) >= 11 is 0. The Morgan fingerprint density at radius 3 is 1.48 bits per heavy atom. The van der Waals surface area contributed by atoms with Gasteiger partial charge in [0, 0.05) is 11.1 Å². The molecular formula is C21H22N2O2. The molecule has 0 unspecified atom stereocenters. The molecule has 0 spiro atoms. The molecule has 2 aromatic carbocycles. The van der Waals surface area contributed by atoms with Crippen molar-refractivity contribution in [2.24, 2.45) is 0 Å². The smallest absolute Gasteiger partial charge is 0.255 e. The minimum Gasteiger partial charge on any atom is -0.316 e. The topological polar surface area (TPSA) is 40.6 Å². The Bertz CT molecular complexity index is 694. The fraction of sp³-hybridized carbons (Fsp3) is 0.333. The van der Waals surface area contributed by atoms with Gasteiger partial charge in [0.05, 0.1) is 18.8 Å². The Labute approximate surface area is 148 Å². The van der Waals surface area contributed by atoms with Crippen LogP contribution < -0.4 is 0 Å². The van der Waals surface area contributed by atoms with Gasteiger partial charge in [-0.2, -0.15) is 0 Å². The molecule has 2 amide bonds. The molecule has 1 aliphatic heterocycles. The van der Waals surface area contributed by atoms with Gasteiger partial charge in [-0.15, -0.1) is 0 Å². The van der Waals surface area contributed by atoms with Gasteiger partial charge in [0.1, 0.15) is 0 Å². The lowest BCUT2D eigenvalue weighted by atomic mass is 9.89. The van der Waals surface area contributed by atoms with Crippen molar-refractivity contribution in [2.75, 3.05) is 6.67 Å². The van der Waals surface area contributed by atoms with Crippen LogP contribution in [0.2, 0.25) is 0 Å². The Morgan fingerprint density at radius 1 is 0.680 bits per heavy atom. The molecule has 1 saturated carbocycles. The van der Waals surface area contributed by atoms with Crippen LogP contribution in [0.25, 0.3) is 0 Å². The van der Waals surface area contributed by atoms with Crippen LogP contribution in [0.15, 0.2) is 60.7 Å². The molecule has 0 N–H and O–H groups in total. The van der Waals surface area contributed by atoms with Gasteiger partial charge in [0.15, 0.2) is 0 Å². The summed E-state index contributed by atoms with van der Waals surface area (Å²) in [6, 6.07) is 19.0. The lowest BCUT2D eigenvalue weighted by Gasteiger charge is -2.32. The molecule has 128 valence electrons. The van der Waals surface area contributed by atoms with Crippen molar-refractivity contribution < 1.29 is 9.59 Å². The molecule has 4 heteroatoms. The summed E-state index contributed by atoms with van der Waals surface area (Å²) in [5, 5.41) is 0. The largest absolute Gasteiger partial charge is 0.316 e. The van der Waals surface area contributed by atoms with Crippen LogP contribution in [0.1, 0.15) is 46.4 Å². The Morgan fingerprint density at radius 2 is 1.08 bits per heavy atom. The van der Waals surface area contributed by atoms with E-state index >= 15 is 0 Å². The van der Waals surface area contributed by atoms with Gasteiger partial charge < -0.3 is 9.80 Å². The van der Waals surface area contributed by atoms with Crippen molar-refractivity contribution in [1.29, 1.82) is 0 Å². The standard InChI is InChI=1S/C21H22N2O2/c24-20(16-9-3-1-4-10-16)22-15-23(19-14-8-7-13-18(19)22)21(25)17-11-5-2-6-12-17/h1-6,9-12,18-19H,7-8,13-15H2/t18-,19-/m0/s1. The molecule has 0 bridgehead atoms. The number of amides is 2. The van der Waals surface area contributed by atoms with Crippen LogP contribution in [0.4, 0.5) is 0 Å². The first kappa shape index (κ1) is 15.9. The second-order valence-corrected chi connectivity index (χ2v) is 6.84. The highest BCUT2D eigenvalue weighted by Gasteiger charge is 2.45. The third-order valence-electron chi connectivity index (χ3n) is 5.36. The summed E-state index contributed by atoms with van der Waals surface area (Å²) in [5.41, 5.74) is 1.39. The van der Waals surface area contributed by atoms with Gasteiger partial charge in [-0.25, -0.2) is 0 Å². The Kier molecular flexibility index (Phi) is 4.26. The summed E-state index contributed by atoms with van der Waals surface area (Å²) in [6.07, 6.45) is 4.18. The SMILES string of the molecule is O=C(c1ccccc1)N1CN(C(=O)c2ccccc2)[C@H]2CCCC[C@@H]21. The molecule has 25 heavy (non-hydrogen) atoms. The van der Waals surface area contributed by atoms with Crippen molar-refractivity contribution >= 4 is 11.8 Å². The van der Waals surface area contributed by atoms with E-state index in [2.05, 4.69) is 0 Å².